The Morgan fingerprint density at radius 3 is 3.11 bits per heavy atom. The average Bonchev–Trinajstić information content (AvgIpc) is 2.94. The second-order valence-corrected chi connectivity index (χ2v) is 5.68. The van der Waals surface area contributed by atoms with Gasteiger partial charge < -0.3 is 19.8 Å². The Morgan fingerprint density at radius 1 is 1.47 bits per heavy atom. The Hall–Kier alpha value is -0.910. The van der Waals surface area contributed by atoms with E-state index in [4.69, 9.17) is 15.2 Å². The maximum absolute atomic E-state index is 6.33. The second-order valence-electron chi connectivity index (χ2n) is 5.68. The van der Waals surface area contributed by atoms with Crippen LogP contribution in [0.3, 0.4) is 0 Å². The summed E-state index contributed by atoms with van der Waals surface area (Å²) in [5, 5.41) is 0. The van der Waals surface area contributed by atoms with Crippen molar-refractivity contribution in [2.24, 2.45) is 17.6 Å². The Labute approximate surface area is 114 Å². The van der Waals surface area contributed by atoms with E-state index in [0.29, 0.717) is 5.92 Å². The van der Waals surface area contributed by atoms with Gasteiger partial charge in [0.15, 0.2) is 0 Å². The normalized spacial score (nSPS) is 24.8. The standard InChI is InChI=1S/C14H23N3O2/c15-14(12-3-5-18-9-12)13-7-16-10-17(13)4-6-19-8-11-1-2-11/h7,10-12,14H,1-6,8-9,15H2. The molecule has 1 aliphatic carbocycles. The predicted octanol–water partition coefficient (Wildman–Crippen LogP) is 1.35. The zero-order valence-corrected chi connectivity index (χ0v) is 11.3. The van der Waals surface area contributed by atoms with Gasteiger partial charge >= 0.3 is 0 Å². The van der Waals surface area contributed by atoms with Crippen molar-refractivity contribution in [2.45, 2.75) is 31.8 Å². The number of hydrogen-bond donors (Lipinski definition) is 1. The van der Waals surface area contributed by atoms with Gasteiger partial charge in [-0.25, -0.2) is 4.98 Å². The zero-order chi connectivity index (χ0) is 13.1. The molecule has 1 saturated carbocycles. The largest absolute Gasteiger partial charge is 0.381 e. The van der Waals surface area contributed by atoms with E-state index in [-0.39, 0.29) is 6.04 Å². The highest BCUT2D eigenvalue weighted by Gasteiger charge is 2.26. The molecule has 1 saturated heterocycles. The first kappa shape index (κ1) is 13.1. The molecule has 0 bridgehead atoms. The van der Waals surface area contributed by atoms with E-state index < -0.39 is 0 Å². The third-order valence-corrected chi connectivity index (χ3v) is 4.09. The summed E-state index contributed by atoms with van der Waals surface area (Å²) in [4.78, 5) is 4.23. The van der Waals surface area contributed by atoms with Crippen LogP contribution in [-0.4, -0.2) is 36.0 Å². The van der Waals surface area contributed by atoms with Crippen LogP contribution in [0.4, 0.5) is 0 Å². The molecule has 1 aromatic rings. The third kappa shape index (κ3) is 3.35. The highest BCUT2D eigenvalue weighted by Crippen LogP contribution is 2.29. The lowest BCUT2D eigenvalue weighted by molar-refractivity contribution is 0.116. The van der Waals surface area contributed by atoms with E-state index in [1.165, 1.54) is 12.8 Å². The van der Waals surface area contributed by atoms with Crippen LogP contribution < -0.4 is 5.73 Å². The molecule has 2 atom stereocenters. The van der Waals surface area contributed by atoms with Gasteiger partial charge in [0.1, 0.15) is 0 Å². The van der Waals surface area contributed by atoms with E-state index in [1.807, 2.05) is 12.5 Å². The van der Waals surface area contributed by atoms with Gasteiger partial charge in [-0.15, -0.1) is 0 Å². The summed E-state index contributed by atoms with van der Waals surface area (Å²) in [6.45, 7) is 4.09. The molecular weight excluding hydrogens is 242 g/mol. The van der Waals surface area contributed by atoms with Crippen LogP contribution in [0.25, 0.3) is 0 Å². The molecule has 2 unspecified atom stereocenters. The Balaban J connectivity index is 1.51. The molecule has 19 heavy (non-hydrogen) atoms. The van der Waals surface area contributed by atoms with Crippen LogP contribution in [0.1, 0.15) is 31.0 Å². The molecular formula is C14H23N3O2. The third-order valence-electron chi connectivity index (χ3n) is 4.09. The molecule has 2 N–H and O–H groups in total. The fourth-order valence-corrected chi connectivity index (χ4v) is 2.57. The second kappa shape index (κ2) is 6.03. The minimum atomic E-state index is 0.0217. The van der Waals surface area contributed by atoms with Gasteiger partial charge in [0, 0.05) is 31.9 Å². The predicted molar refractivity (Wildman–Crippen MR) is 71.6 cm³/mol. The molecule has 106 valence electrons. The van der Waals surface area contributed by atoms with Crippen molar-refractivity contribution in [3.8, 4) is 0 Å². The number of nitrogens with zero attached hydrogens (tertiary/aromatic N) is 2. The summed E-state index contributed by atoms with van der Waals surface area (Å²) >= 11 is 0. The Bertz CT molecular complexity index is 397. The summed E-state index contributed by atoms with van der Waals surface area (Å²) in [7, 11) is 0. The van der Waals surface area contributed by atoms with Crippen molar-refractivity contribution in [3.63, 3.8) is 0 Å². The van der Waals surface area contributed by atoms with Crippen LogP contribution in [0.2, 0.25) is 0 Å². The van der Waals surface area contributed by atoms with Crippen molar-refractivity contribution < 1.29 is 9.47 Å². The molecule has 0 spiro atoms. The lowest BCUT2D eigenvalue weighted by Gasteiger charge is -2.19. The number of aromatic nitrogens is 2. The van der Waals surface area contributed by atoms with E-state index >= 15 is 0 Å². The van der Waals surface area contributed by atoms with Crippen molar-refractivity contribution in [1.29, 1.82) is 0 Å². The number of nitrogens with two attached hydrogens (primary N) is 1. The van der Waals surface area contributed by atoms with E-state index in [1.54, 1.807) is 0 Å². The molecule has 2 fully saturated rings. The van der Waals surface area contributed by atoms with Crippen LogP contribution >= 0.6 is 0 Å². The molecule has 5 heteroatoms. The fourth-order valence-electron chi connectivity index (χ4n) is 2.57. The number of rotatable bonds is 7. The van der Waals surface area contributed by atoms with Gasteiger partial charge in [0.25, 0.3) is 0 Å². The van der Waals surface area contributed by atoms with Gasteiger partial charge in [-0.3, -0.25) is 0 Å². The van der Waals surface area contributed by atoms with Gasteiger partial charge in [0.05, 0.1) is 31.3 Å². The first-order valence-electron chi connectivity index (χ1n) is 7.25. The molecule has 2 aliphatic rings. The Kier molecular flexibility index (Phi) is 4.15. The minimum Gasteiger partial charge on any atom is -0.381 e. The molecule has 0 amide bonds. The molecule has 0 aromatic carbocycles. The molecule has 5 nitrogen and oxygen atoms in total. The van der Waals surface area contributed by atoms with Crippen LogP contribution in [0.5, 0.6) is 0 Å². The Morgan fingerprint density at radius 2 is 2.37 bits per heavy atom. The first-order valence-corrected chi connectivity index (χ1v) is 7.25. The average molecular weight is 265 g/mol. The highest BCUT2D eigenvalue weighted by atomic mass is 16.5. The van der Waals surface area contributed by atoms with Crippen LogP contribution in [-0.2, 0) is 16.0 Å². The minimum absolute atomic E-state index is 0.0217. The molecule has 1 aromatic heterocycles. The zero-order valence-electron chi connectivity index (χ0n) is 11.3. The van der Waals surface area contributed by atoms with Crippen LogP contribution in [0.15, 0.2) is 12.5 Å². The molecule has 1 aliphatic heterocycles. The van der Waals surface area contributed by atoms with E-state index in [2.05, 4.69) is 9.55 Å². The maximum atomic E-state index is 6.33. The fraction of sp³-hybridized carbons (Fsp3) is 0.786. The van der Waals surface area contributed by atoms with E-state index in [9.17, 15) is 0 Å². The summed E-state index contributed by atoms with van der Waals surface area (Å²) in [5.41, 5.74) is 7.43. The smallest absolute Gasteiger partial charge is 0.0949 e. The quantitative estimate of drug-likeness (QED) is 0.756. The maximum Gasteiger partial charge on any atom is 0.0949 e. The molecule has 3 rings (SSSR count). The molecule has 2 heterocycles. The van der Waals surface area contributed by atoms with Gasteiger partial charge in [0.2, 0.25) is 0 Å². The van der Waals surface area contributed by atoms with Crippen molar-refractivity contribution in [3.05, 3.63) is 18.2 Å². The summed E-state index contributed by atoms with van der Waals surface area (Å²) < 4.78 is 13.2. The summed E-state index contributed by atoms with van der Waals surface area (Å²) in [5.74, 6) is 1.24. The summed E-state index contributed by atoms with van der Waals surface area (Å²) in [6, 6.07) is 0.0217. The van der Waals surface area contributed by atoms with Crippen molar-refractivity contribution in [2.75, 3.05) is 26.4 Å². The first-order chi connectivity index (χ1) is 9.34. The van der Waals surface area contributed by atoms with Gasteiger partial charge in [-0.1, -0.05) is 0 Å². The summed E-state index contributed by atoms with van der Waals surface area (Å²) in [6.07, 6.45) is 7.45. The van der Waals surface area contributed by atoms with Crippen molar-refractivity contribution >= 4 is 0 Å². The van der Waals surface area contributed by atoms with Crippen molar-refractivity contribution in [1.82, 2.24) is 9.55 Å². The van der Waals surface area contributed by atoms with E-state index in [0.717, 1.165) is 51.0 Å². The lowest BCUT2D eigenvalue weighted by atomic mass is 9.97. The number of ether oxygens (including phenoxy) is 2. The number of imidazole rings is 1. The van der Waals surface area contributed by atoms with Crippen LogP contribution in [0, 0.1) is 11.8 Å². The highest BCUT2D eigenvalue weighted by molar-refractivity contribution is 5.07. The number of hydrogen-bond acceptors (Lipinski definition) is 4. The SMILES string of the molecule is NC(c1cncn1CCOCC1CC1)C1CCOC1. The molecule has 0 radical (unpaired) electrons. The van der Waals surface area contributed by atoms with Gasteiger partial charge in [-0.2, -0.15) is 0 Å². The monoisotopic (exact) mass is 265 g/mol. The lowest BCUT2D eigenvalue weighted by Crippen LogP contribution is -2.25. The van der Waals surface area contributed by atoms with Gasteiger partial charge in [-0.05, 0) is 25.2 Å². The topological polar surface area (TPSA) is 62.3 Å².